The van der Waals surface area contributed by atoms with E-state index in [1.165, 1.54) is 12.3 Å². The van der Waals surface area contributed by atoms with E-state index in [1.807, 2.05) is 0 Å². The summed E-state index contributed by atoms with van der Waals surface area (Å²) < 4.78 is 73.6. The molecule has 0 atom stereocenters. The molecule has 10 heteroatoms. The Labute approximate surface area is 129 Å². The number of ether oxygens (including phenoxy) is 2. The molecule has 124 valence electrons. The maximum atomic E-state index is 13.3. The molecule has 1 aromatic heterocycles. The molecule has 0 unspecified atom stereocenters. The second kappa shape index (κ2) is 6.03. The minimum atomic E-state index is -4.95. The number of methoxy groups -OCH3 is 1. The van der Waals surface area contributed by atoms with Gasteiger partial charge in [0.05, 0.1) is 7.11 Å². The summed E-state index contributed by atoms with van der Waals surface area (Å²) in [6.45, 7) is 0. The molecular formula is C13H11F3N2O4S. The molecule has 0 N–H and O–H groups in total. The van der Waals surface area contributed by atoms with E-state index in [0.717, 1.165) is 25.6 Å². The number of benzene rings is 1. The van der Waals surface area contributed by atoms with Crippen LogP contribution < -0.4 is 9.47 Å². The monoisotopic (exact) mass is 348 g/mol. The molecule has 2 aromatic rings. The minimum Gasteiger partial charge on any atom is -0.496 e. The smallest absolute Gasteiger partial charge is 0.421 e. The molecular weight excluding hydrogens is 337 g/mol. The normalized spacial score (nSPS) is 12.0. The lowest BCUT2D eigenvalue weighted by atomic mass is 10.1. The Morgan fingerprint density at radius 3 is 2.26 bits per heavy atom. The van der Waals surface area contributed by atoms with Crippen LogP contribution in [0.3, 0.4) is 0 Å². The van der Waals surface area contributed by atoms with E-state index in [9.17, 15) is 21.6 Å². The lowest BCUT2D eigenvalue weighted by Gasteiger charge is -2.18. The van der Waals surface area contributed by atoms with Gasteiger partial charge < -0.3 is 9.47 Å². The number of sulfone groups is 1. The molecule has 23 heavy (non-hydrogen) atoms. The quantitative estimate of drug-likeness (QED) is 0.845. The van der Waals surface area contributed by atoms with Crippen molar-refractivity contribution in [2.75, 3.05) is 13.4 Å². The highest BCUT2D eigenvalue weighted by atomic mass is 32.2. The van der Waals surface area contributed by atoms with E-state index in [2.05, 4.69) is 14.7 Å². The Morgan fingerprint density at radius 2 is 1.78 bits per heavy atom. The second-order valence-electron chi connectivity index (χ2n) is 4.39. The molecule has 0 aliphatic heterocycles. The summed E-state index contributed by atoms with van der Waals surface area (Å²) in [5.74, 6) is -1.21. The van der Waals surface area contributed by atoms with Gasteiger partial charge in [0.25, 0.3) is 0 Å². The number of halogens is 3. The fourth-order valence-corrected chi connectivity index (χ4v) is 2.95. The predicted molar refractivity (Wildman–Crippen MR) is 73.2 cm³/mol. The van der Waals surface area contributed by atoms with E-state index in [-0.39, 0.29) is 5.88 Å². The molecule has 6 nitrogen and oxygen atoms in total. The molecule has 0 fully saturated rings. The predicted octanol–water partition coefficient (Wildman–Crippen LogP) is 2.70. The van der Waals surface area contributed by atoms with Crippen LogP contribution in [0.4, 0.5) is 13.2 Å². The van der Waals surface area contributed by atoms with Gasteiger partial charge in [-0.25, -0.2) is 18.4 Å². The van der Waals surface area contributed by atoms with Crippen LogP contribution in [0.25, 0.3) is 0 Å². The Bertz CT molecular complexity index is 808. The summed E-state index contributed by atoms with van der Waals surface area (Å²) >= 11 is 0. The highest BCUT2D eigenvalue weighted by Crippen LogP contribution is 2.45. The molecule has 0 saturated carbocycles. The zero-order chi connectivity index (χ0) is 17.3. The van der Waals surface area contributed by atoms with Crippen molar-refractivity contribution in [3.8, 4) is 17.4 Å². The molecule has 0 aliphatic rings. The molecule has 1 aromatic carbocycles. The van der Waals surface area contributed by atoms with Gasteiger partial charge >= 0.3 is 6.18 Å². The topological polar surface area (TPSA) is 78.4 Å². The van der Waals surface area contributed by atoms with Crippen LogP contribution in [0.15, 0.2) is 35.6 Å². The molecule has 0 saturated heterocycles. The van der Waals surface area contributed by atoms with Crippen molar-refractivity contribution >= 4 is 9.84 Å². The van der Waals surface area contributed by atoms with E-state index in [1.54, 1.807) is 0 Å². The average Bonchev–Trinajstić information content (AvgIpc) is 2.45. The summed E-state index contributed by atoms with van der Waals surface area (Å²) in [4.78, 5) is 6.31. The molecule has 0 radical (unpaired) electrons. The van der Waals surface area contributed by atoms with Gasteiger partial charge in [-0.2, -0.15) is 13.2 Å². The number of nitrogens with zero attached hydrogens (tertiary/aromatic N) is 2. The van der Waals surface area contributed by atoms with Crippen molar-refractivity contribution < 1.29 is 31.1 Å². The minimum absolute atomic E-state index is 0.0943. The zero-order valence-corrected chi connectivity index (χ0v) is 12.8. The highest BCUT2D eigenvalue weighted by molar-refractivity contribution is 7.90. The summed E-state index contributed by atoms with van der Waals surface area (Å²) in [6.07, 6.45) is -1.88. The molecule has 0 bridgehead atoms. The van der Waals surface area contributed by atoms with Crippen molar-refractivity contribution in [1.29, 1.82) is 0 Å². The Hall–Kier alpha value is -2.36. The third kappa shape index (κ3) is 3.70. The van der Waals surface area contributed by atoms with Gasteiger partial charge in [-0.15, -0.1) is 0 Å². The number of aromatic nitrogens is 2. The van der Waals surface area contributed by atoms with Crippen molar-refractivity contribution in [1.82, 2.24) is 9.97 Å². The third-order valence-corrected chi connectivity index (χ3v) is 3.87. The largest absolute Gasteiger partial charge is 0.496 e. The second-order valence-corrected chi connectivity index (χ2v) is 6.34. The molecule has 0 aliphatic carbocycles. The summed E-state index contributed by atoms with van der Waals surface area (Å²) in [7, 11) is -3.25. The van der Waals surface area contributed by atoms with Gasteiger partial charge in [-0.1, -0.05) is 0 Å². The van der Waals surface area contributed by atoms with E-state index in [4.69, 9.17) is 4.74 Å². The van der Waals surface area contributed by atoms with Crippen molar-refractivity contribution in [3.05, 3.63) is 36.3 Å². The van der Waals surface area contributed by atoms with Crippen LogP contribution >= 0.6 is 0 Å². The number of hydrogen-bond acceptors (Lipinski definition) is 6. The van der Waals surface area contributed by atoms with E-state index >= 15 is 0 Å². The van der Waals surface area contributed by atoms with E-state index < -0.39 is 38.0 Å². The first-order valence-electron chi connectivity index (χ1n) is 6.06. The number of rotatable bonds is 4. The molecule has 0 amide bonds. The van der Waals surface area contributed by atoms with Crippen LogP contribution in [0, 0.1) is 0 Å². The zero-order valence-electron chi connectivity index (χ0n) is 12.0. The van der Waals surface area contributed by atoms with E-state index in [0.29, 0.717) is 6.26 Å². The average molecular weight is 348 g/mol. The SMILES string of the molecule is COc1ccc(Oc2ccncn2)c(S(C)(=O)=O)c1C(F)(F)F. The summed E-state index contributed by atoms with van der Waals surface area (Å²) in [5, 5.41) is 0. The fourth-order valence-electron chi connectivity index (χ4n) is 1.88. The van der Waals surface area contributed by atoms with Crippen LogP contribution in [0.2, 0.25) is 0 Å². The maximum absolute atomic E-state index is 13.3. The van der Waals surface area contributed by atoms with Gasteiger partial charge in [-0.3, -0.25) is 0 Å². The fraction of sp³-hybridized carbons (Fsp3) is 0.231. The first-order chi connectivity index (χ1) is 10.6. The molecule has 2 rings (SSSR count). The van der Waals surface area contributed by atoms with Gasteiger partial charge in [0.15, 0.2) is 9.84 Å². The molecule has 1 heterocycles. The summed E-state index contributed by atoms with van der Waals surface area (Å²) in [5.41, 5.74) is -1.42. The Balaban J connectivity index is 2.73. The summed E-state index contributed by atoms with van der Waals surface area (Å²) in [6, 6.07) is 3.34. The van der Waals surface area contributed by atoms with Gasteiger partial charge in [0.2, 0.25) is 5.88 Å². The Morgan fingerprint density at radius 1 is 1.13 bits per heavy atom. The van der Waals surface area contributed by atoms with Crippen LogP contribution in [-0.2, 0) is 16.0 Å². The highest BCUT2D eigenvalue weighted by Gasteiger charge is 2.42. The van der Waals surface area contributed by atoms with Gasteiger partial charge in [0, 0.05) is 18.5 Å². The van der Waals surface area contributed by atoms with Crippen LogP contribution in [0.1, 0.15) is 5.56 Å². The van der Waals surface area contributed by atoms with Gasteiger partial charge in [-0.05, 0) is 12.1 Å². The lowest BCUT2D eigenvalue weighted by Crippen LogP contribution is -2.15. The van der Waals surface area contributed by atoms with Crippen LogP contribution in [0.5, 0.6) is 17.4 Å². The number of alkyl halides is 3. The Kier molecular flexibility index (Phi) is 4.46. The maximum Gasteiger partial charge on any atom is 0.421 e. The van der Waals surface area contributed by atoms with Crippen molar-refractivity contribution in [2.24, 2.45) is 0 Å². The van der Waals surface area contributed by atoms with Crippen molar-refractivity contribution in [2.45, 2.75) is 11.1 Å². The van der Waals surface area contributed by atoms with Gasteiger partial charge in [0.1, 0.15) is 28.3 Å². The third-order valence-electron chi connectivity index (χ3n) is 2.73. The van der Waals surface area contributed by atoms with Crippen molar-refractivity contribution in [3.63, 3.8) is 0 Å². The first-order valence-corrected chi connectivity index (χ1v) is 7.96. The lowest BCUT2D eigenvalue weighted by molar-refractivity contribution is -0.141. The van der Waals surface area contributed by atoms with Crippen LogP contribution in [-0.4, -0.2) is 31.8 Å². The molecule has 0 spiro atoms. The standard InChI is InChI=1S/C13H11F3N2O4S/c1-21-8-3-4-9(22-10-5-6-17-7-18-10)12(23(2,19)20)11(8)13(14,15)16/h3-7H,1-2H3. The first kappa shape index (κ1) is 17.0. The number of hydrogen-bond donors (Lipinski definition) is 0.